The summed E-state index contributed by atoms with van der Waals surface area (Å²) < 4.78 is 5.44. The van der Waals surface area contributed by atoms with Crippen LogP contribution in [0.4, 0.5) is 23.1 Å². The maximum atomic E-state index is 12.5. The summed E-state index contributed by atoms with van der Waals surface area (Å²) in [6.45, 7) is 6.21. The number of piperidine rings is 1. The number of pyridine rings is 1. The van der Waals surface area contributed by atoms with E-state index in [2.05, 4.69) is 47.9 Å². The van der Waals surface area contributed by atoms with Crippen LogP contribution in [-0.4, -0.2) is 60.9 Å². The average Bonchev–Trinajstić information content (AvgIpc) is 2.84. The van der Waals surface area contributed by atoms with Gasteiger partial charge in [-0.05, 0) is 62.2 Å². The third-order valence-corrected chi connectivity index (χ3v) is 6.13. The number of benzene rings is 1. The number of aromatic amines is 1. The summed E-state index contributed by atoms with van der Waals surface area (Å²) in [6.07, 6.45) is 3.90. The summed E-state index contributed by atoms with van der Waals surface area (Å²) in [4.78, 5) is 26.8. The summed E-state index contributed by atoms with van der Waals surface area (Å²) in [7, 11) is 0. The fraction of sp³-hybridized carbons (Fsp3) is 0.435. The first-order valence-corrected chi connectivity index (χ1v) is 11.3. The van der Waals surface area contributed by atoms with E-state index in [4.69, 9.17) is 4.74 Å². The Morgan fingerprint density at radius 1 is 1.06 bits per heavy atom. The monoisotopic (exact) mass is 435 g/mol. The van der Waals surface area contributed by atoms with Gasteiger partial charge in [0.15, 0.2) is 0 Å². The van der Waals surface area contributed by atoms with Crippen LogP contribution in [0.2, 0.25) is 0 Å². The van der Waals surface area contributed by atoms with Crippen molar-refractivity contribution in [2.24, 2.45) is 5.92 Å². The number of hydrogen-bond acceptors (Lipinski definition) is 8. The summed E-state index contributed by atoms with van der Waals surface area (Å²) in [5.74, 6) is 1.64. The molecule has 0 spiro atoms. The lowest BCUT2D eigenvalue weighted by molar-refractivity contribution is 0.122. The quantitative estimate of drug-likeness (QED) is 0.467. The minimum Gasteiger partial charge on any atom is -0.378 e. The fourth-order valence-electron chi connectivity index (χ4n) is 4.30. The Bertz CT molecular complexity index is 1100. The van der Waals surface area contributed by atoms with Gasteiger partial charge < -0.3 is 30.6 Å². The molecule has 0 amide bonds. The second-order valence-corrected chi connectivity index (χ2v) is 8.31. The Labute approximate surface area is 186 Å². The van der Waals surface area contributed by atoms with Crippen molar-refractivity contribution in [3.8, 4) is 0 Å². The molecule has 168 valence electrons. The number of fused-ring (bicyclic) bond motifs is 1. The van der Waals surface area contributed by atoms with Gasteiger partial charge in [-0.15, -0.1) is 0 Å². The number of hydrogen-bond donors (Lipinski definition) is 4. The van der Waals surface area contributed by atoms with Crippen molar-refractivity contribution in [3.63, 3.8) is 0 Å². The van der Waals surface area contributed by atoms with Gasteiger partial charge in [0.25, 0.3) is 5.56 Å². The van der Waals surface area contributed by atoms with Gasteiger partial charge in [-0.2, -0.15) is 4.98 Å². The molecule has 0 aliphatic carbocycles. The van der Waals surface area contributed by atoms with Gasteiger partial charge in [0.1, 0.15) is 11.2 Å². The molecule has 3 aromatic rings. The van der Waals surface area contributed by atoms with E-state index in [9.17, 15) is 4.79 Å². The third kappa shape index (κ3) is 4.68. The number of nitrogens with zero attached hydrogens (tertiary/aromatic N) is 3. The highest BCUT2D eigenvalue weighted by Crippen LogP contribution is 2.25. The van der Waals surface area contributed by atoms with Crippen LogP contribution < -0.4 is 26.4 Å². The maximum absolute atomic E-state index is 12.5. The molecule has 0 saturated carbocycles. The summed E-state index contributed by atoms with van der Waals surface area (Å²) in [5, 5.41) is 10.6. The molecular weight excluding hydrogens is 406 g/mol. The zero-order valence-electron chi connectivity index (χ0n) is 18.1. The van der Waals surface area contributed by atoms with Crippen molar-refractivity contribution in [3.05, 3.63) is 46.9 Å². The molecule has 9 heteroatoms. The van der Waals surface area contributed by atoms with E-state index < -0.39 is 0 Å². The van der Waals surface area contributed by atoms with Gasteiger partial charge in [0, 0.05) is 37.2 Å². The normalized spacial score (nSPS) is 17.4. The van der Waals surface area contributed by atoms with Crippen LogP contribution in [0, 0.1) is 5.92 Å². The predicted octanol–water partition coefficient (Wildman–Crippen LogP) is 2.31. The topological polar surface area (TPSA) is 107 Å². The molecule has 9 nitrogen and oxygen atoms in total. The second-order valence-electron chi connectivity index (χ2n) is 8.31. The molecule has 2 saturated heterocycles. The molecule has 32 heavy (non-hydrogen) atoms. The summed E-state index contributed by atoms with van der Waals surface area (Å²) in [5.41, 5.74) is 2.44. The van der Waals surface area contributed by atoms with Crippen LogP contribution in [0.1, 0.15) is 12.8 Å². The highest BCUT2D eigenvalue weighted by Gasteiger charge is 2.16. The molecule has 5 rings (SSSR count). The number of H-pyrrole nitrogens is 1. The van der Waals surface area contributed by atoms with Gasteiger partial charge >= 0.3 is 0 Å². The van der Waals surface area contributed by atoms with Crippen LogP contribution in [0.15, 0.2) is 41.3 Å². The van der Waals surface area contributed by atoms with Crippen LogP contribution in [0.5, 0.6) is 0 Å². The first-order chi connectivity index (χ1) is 15.8. The van der Waals surface area contributed by atoms with Gasteiger partial charge in [0.05, 0.1) is 18.7 Å². The third-order valence-electron chi connectivity index (χ3n) is 6.13. The maximum Gasteiger partial charge on any atom is 0.261 e. The minimum atomic E-state index is -0.208. The van der Waals surface area contributed by atoms with E-state index in [1.165, 1.54) is 0 Å². The van der Waals surface area contributed by atoms with Gasteiger partial charge in [0.2, 0.25) is 5.95 Å². The average molecular weight is 436 g/mol. The lowest BCUT2D eigenvalue weighted by Crippen LogP contribution is -2.36. The van der Waals surface area contributed by atoms with E-state index in [-0.39, 0.29) is 5.56 Å². The largest absolute Gasteiger partial charge is 0.378 e. The number of morpholine rings is 1. The number of ether oxygens (including phenoxy) is 1. The van der Waals surface area contributed by atoms with Crippen molar-refractivity contribution >= 4 is 34.0 Å². The number of rotatable bonds is 6. The lowest BCUT2D eigenvalue weighted by atomic mass is 9.98. The predicted molar refractivity (Wildman–Crippen MR) is 127 cm³/mol. The SMILES string of the molecule is O=c1[nH]ccc2nc(NCC3CCNCC3)nc(Nc3ccc(N4CCOCC4)cc3)c12. The second kappa shape index (κ2) is 9.54. The Morgan fingerprint density at radius 3 is 2.62 bits per heavy atom. The molecule has 1 aromatic carbocycles. The molecule has 2 fully saturated rings. The van der Waals surface area contributed by atoms with Crippen LogP contribution in [0.3, 0.4) is 0 Å². The zero-order chi connectivity index (χ0) is 21.8. The summed E-state index contributed by atoms with van der Waals surface area (Å²) in [6, 6.07) is 9.99. The molecule has 2 aliphatic heterocycles. The highest BCUT2D eigenvalue weighted by atomic mass is 16.5. The van der Waals surface area contributed by atoms with E-state index >= 15 is 0 Å². The van der Waals surface area contributed by atoms with Crippen LogP contribution in [0.25, 0.3) is 10.9 Å². The van der Waals surface area contributed by atoms with E-state index in [1.807, 2.05) is 12.1 Å². The van der Waals surface area contributed by atoms with Crippen molar-refractivity contribution in [1.29, 1.82) is 0 Å². The highest BCUT2D eigenvalue weighted by molar-refractivity contribution is 5.90. The molecular formula is C23H29N7O2. The molecule has 2 aromatic heterocycles. The first kappa shape index (κ1) is 20.7. The van der Waals surface area contributed by atoms with E-state index in [0.717, 1.165) is 70.2 Å². The fourth-order valence-corrected chi connectivity index (χ4v) is 4.30. The van der Waals surface area contributed by atoms with Gasteiger partial charge in [-0.25, -0.2) is 4.98 Å². The smallest absolute Gasteiger partial charge is 0.261 e. The van der Waals surface area contributed by atoms with Crippen molar-refractivity contribution in [1.82, 2.24) is 20.3 Å². The van der Waals surface area contributed by atoms with Crippen molar-refractivity contribution < 1.29 is 4.74 Å². The first-order valence-electron chi connectivity index (χ1n) is 11.3. The number of aromatic nitrogens is 3. The summed E-state index contributed by atoms with van der Waals surface area (Å²) >= 11 is 0. The number of anilines is 4. The minimum absolute atomic E-state index is 0.208. The Morgan fingerprint density at radius 2 is 1.84 bits per heavy atom. The number of nitrogens with one attached hydrogen (secondary N) is 4. The molecule has 0 radical (unpaired) electrons. The molecule has 4 heterocycles. The molecule has 0 bridgehead atoms. The Kier molecular flexibility index (Phi) is 6.17. The van der Waals surface area contributed by atoms with E-state index in [1.54, 1.807) is 12.3 Å². The van der Waals surface area contributed by atoms with Crippen LogP contribution >= 0.6 is 0 Å². The van der Waals surface area contributed by atoms with Crippen LogP contribution in [-0.2, 0) is 4.74 Å². The Balaban J connectivity index is 1.38. The van der Waals surface area contributed by atoms with Crippen molar-refractivity contribution in [2.45, 2.75) is 12.8 Å². The molecule has 2 aliphatic rings. The molecule has 0 atom stereocenters. The van der Waals surface area contributed by atoms with Gasteiger partial charge in [-0.1, -0.05) is 0 Å². The Hall–Kier alpha value is -3.17. The van der Waals surface area contributed by atoms with E-state index in [0.29, 0.717) is 28.6 Å². The molecule has 4 N–H and O–H groups in total. The standard InChI is InChI=1S/C23H29N7O2/c31-22-20-19(7-10-25-22)28-23(26-15-16-5-8-24-9-6-16)29-21(20)27-17-1-3-18(4-2-17)30-11-13-32-14-12-30/h1-4,7,10,16,24H,5-6,8-9,11-15H2,(H,25,31)(H2,26,27,28,29). The lowest BCUT2D eigenvalue weighted by Gasteiger charge is -2.28. The zero-order valence-corrected chi connectivity index (χ0v) is 18.1. The van der Waals surface area contributed by atoms with Crippen molar-refractivity contribution in [2.75, 3.05) is 61.5 Å². The van der Waals surface area contributed by atoms with Gasteiger partial charge in [-0.3, -0.25) is 4.79 Å². The molecule has 0 unspecified atom stereocenters.